The fourth-order valence-electron chi connectivity index (χ4n) is 1.79. The van der Waals surface area contributed by atoms with Gasteiger partial charge in [-0.15, -0.1) is 11.8 Å². The predicted molar refractivity (Wildman–Crippen MR) is 64.2 cm³/mol. The molecule has 1 saturated carbocycles. The summed E-state index contributed by atoms with van der Waals surface area (Å²) in [6.07, 6.45) is 8.09. The molecule has 2 rings (SSSR count). The molecule has 0 radical (unpaired) electrons. The Balaban J connectivity index is 2.05. The third-order valence-electron chi connectivity index (χ3n) is 2.58. The lowest BCUT2D eigenvalue weighted by Crippen LogP contribution is -2.09. The van der Waals surface area contributed by atoms with E-state index in [-0.39, 0.29) is 5.28 Å². The van der Waals surface area contributed by atoms with E-state index in [1.54, 1.807) is 18.0 Å². The van der Waals surface area contributed by atoms with Crippen molar-refractivity contribution in [3.63, 3.8) is 0 Å². The molecule has 0 bridgehead atoms. The Hall–Kier alpha value is -0.480. The molecular formula is C10H14ClN3S. The molecule has 0 spiro atoms. The molecule has 1 aliphatic rings. The zero-order chi connectivity index (χ0) is 10.7. The molecule has 2 N–H and O–H groups in total. The monoisotopic (exact) mass is 243 g/mol. The number of thioether (sulfide) groups is 1. The molecule has 1 heterocycles. The summed E-state index contributed by atoms with van der Waals surface area (Å²) in [5, 5.41) is 1.76. The lowest BCUT2D eigenvalue weighted by atomic mass is 10.0. The van der Waals surface area contributed by atoms with Crippen molar-refractivity contribution in [2.45, 2.75) is 42.4 Å². The Labute approximate surface area is 98.8 Å². The number of rotatable bonds is 2. The van der Waals surface area contributed by atoms with Crippen molar-refractivity contribution in [1.82, 2.24) is 9.97 Å². The van der Waals surface area contributed by atoms with Crippen LogP contribution in [-0.4, -0.2) is 15.2 Å². The first kappa shape index (κ1) is 11.0. The molecule has 0 saturated heterocycles. The summed E-state index contributed by atoms with van der Waals surface area (Å²) in [4.78, 5) is 8.01. The smallest absolute Gasteiger partial charge is 0.223 e. The Morgan fingerprint density at radius 3 is 2.80 bits per heavy atom. The van der Waals surface area contributed by atoms with Gasteiger partial charge < -0.3 is 5.73 Å². The highest BCUT2D eigenvalue weighted by Crippen LogP contribution is 2.35. The molecule has 0 unspecified atom stereocenters. The molecule has 0 atom stereocenters. The first-order valence-electron chi connectivity index (χ1n) is 5.20. The minimum atomic E-state index is 0.280. The quantitative estimate of drug-likeness (QED) is 0.641. The third kappa shape index (κ3) is 2.98. The van der Waals surface area contributed by atoms with E-state index in [9.17, 15) is 0 Å². The molecule has 1 aliphatic carbocycles. The Morgan fingerprint density at radius 1 is 1.33 bits per heavy atom. The molecule has 0 aromatic carbocycles. The van der Waals surface area contributed by atoms with E-state index in [1.165, 1.54) is 32.1 Å². The van der Waals surface area contributed by atoms with Gasteiger partial charge in [0.25, 0.3) is 0 Å². The molecule has 3 nitrogen and oxygen atoms in total. The molecule has 0 aliphatic heterocycles. The molecule has 82 valence electrons. The second-order valence-corrected chi connectivity index (χ2v) is 5.40. The van der Waals surface area contributed by atoms with Gasteiger partial charge in [-0.1, -0.05) is 19.3 Å². The fourth-order valence-corrected chi connectivity index (χ4v) is 3.19. The van der Waals surface area contributed by atoms with Crippen LogP contribution in [0.5, 0.6) is 0 Å². The van der Waals surface area contributed by atoms with Crippen LogP contribution in [0.1, 0.15) is 32.1 Å². The summed E-state index contributed by atoms with van der Waals surface area (Å²) >= 11 is 7.49. The fraction of sp³-hybridized carbons (Fsp3) is 0.600. The van der Waals surface area contributed by atoms with Crippen LogP contribution in [0.4, 0.5) is 5.69 Å². The molecule has 5 heteroatoms. The summed E-state index contributed by atoms with van der Waals surface area (Å²) in [6, 6.07) is 0. The number of halogens is 1. The van der Waals surface area contributed by atoms with E-state index in [1.807, 2.05) is 0 Å². The van der Waals surface area contributed by atoms with Gasteiger partial charge in [-0.3, -0.25) is 0 Å². The summed E-state index contributed by atoms with van der Waals surface area (Å²) in [6.45, 7) is 0. The molecule has 1 aromatic rings. The van der Waals surface area contributed by atoms with Crippen LogP contribution >= 0.6 is 23.4 Å². The topological polar surface area (TPSA) is 51.8 Å². The van der Waals surface area contributed by atoms with Gasteiger partial charge in [0.05, 0.1) is 11.9 Å². The van der Waals surface area contributed by atoms with Crippen LogP contribution in [0.3, 0.4) is 0 Å². The average molecular weight is 244 g/mol. The molecular weight excluding hydrogens is 230 g/mol. The van der Waals surface area contributed by atoms with Gasteiger partial charge in [0.2, 0.25) is 5.28 Å². The number of nitrogen functional groups attached to an aromatic ring is 1. The van der Waals surface area contributed by atoms with Crippen LogP contribution in [0, 0.1) is 0 Å². The van der Waals surface area contributed by atoms with Crippen molar-refractivity contribution in [3.05, 3.63) is 11.5 Å². The van der Waals surface area contributed by atoms with Crippen molar-refractivity contribution in [2.75, 3.05) is 5.73 Å². The van der Waals surface area contributed by atoms with Gasteiger partial charge in [0.1, 0.15) is 5.03 Å². The van der Waals surface area contributed by atoms with E-state index in [2.05, 4.69) is 9.97 Å². The third-order valence-corrected chi connectivity index (χ3v) is 4.12. The Kier molecular flexibility index (Phi) is 3.70. The van der Waals surface area contributed by atoms with Crippen molar-refractivity contribution >= 4 is 29.1 Å². The number of hydrogen-bond acceptors (Lipinski definition) is 4. The van der Waals surface area contributed by atoms with Gasteiger partial charge in [-0.2, -0.15) is 0 Å². The maximum absolute atomic E-state index is 5.80. The molecule has 15 heavy (non-hydrogen) atoms. The highest BCUT2D eigenvalue weighted by atomic mass is 35.5. The zero-order valence-electron chi connectivity index (χ0n) is 8.45. The maximum atomic E-state index is 5.80. The van der Waals surface area contributed by atoms with E-state index in [0.717, 1.165) is 5.03 Å². The largest absolute Gasteiger partial charge is 0.395 e. The lowest BCUT2D eigenvalue weighted by Gasteiger charge is -2.20. The Morgan fingerprint density at radius 2 is 2.07 bits per heavy atom. The highest BCUT2D eigenvalue weighted by Gasteiger charge is 2.16. The zero-order valence-corrected chi connectivity index (χ0v) is 10.0. The number of anilines is 1. The summed E-state index contributed by atoms with van der Waals surface area (Å²) in [5.74, 6) is 0. The lowest BCUT2D eigenvalue weighted by molar-refractivity contribution is 0.516. The van der Waals surface area contributed by atoms with Gasteiger partial charge in [-0.05, 0) is 24.4 Å². The van der Waals surface area contributed by atoms with Crippen LogP contribution in [0.2, 0.25) is 5.28 Å². The molecule has 1 aromatic heterocycles. The number of nitrogens with zero attached hydrogens (tertiary/aromatic N) is 2. The van der Waals surface area contributed by atoms with Crippen LogP contribution in [0.15, 0.2) is 11.2 Å². The minimum Gasteiger partial charge on any atom is -0.395 e. The van der Waals surface area contributed by atoms with Crippen molar-refractivity contribution in [1.29, 1.82) is 0 Å². The van der Waals surface area contributed by atoms with Crippen LogP contribution in [-0.2, 0) is 0 Å². The van der Waals surface area contributed by atoms with Gasteiger partial charge >= 0.3 is 0 Å². The number of hydrogen-bond donors (Lipinski definition) is 1. The van der Waals surface area contributed by atoms with Gasteiger partial charge in [0.15, 0.2) is 0 Å². The van der Waals surface area contributed by atoms with Crippen molar-refractivity contribution in [3.8, 4) is 0 Å². The van der Waals surface area contributed by atoms with E-state index >= 15 is 0 Å². The van der Waals surface area contributed by atoms with E-state index < -0.39 is 0 Å². The standard InChI is InChI=1S/C10H14ClN3S/c11-10-13-6-8(12)9(14-10)15-7-4-2-1-3-5-7/h6-7H,1-5,12H2. The second-order valence-electron chi connectivity index (χ2n) is 3.78. The van der Waals surface area contributed by atoms with Gasteiger partial charge in [0, 0.05) is 5.25 Å². The summed E-state index contributed by atoms with van der Waals surface area (Å²) in [5.41, 5.74) is 6.44. The minimum absolute atomic E-state index is 0.280. The maximum Gasteiger partial charge on any atom is 0.223 e. The predicted octanol–water partition coefficient (Wildman–Crippen LogP) is 3.14. The first-order chi connectivity index (χ1) is 7.25. The van der Waals surface area contributed by atoms with Crippen molar-refractivity contribution < 1.29 is 0 Å². The average Bonchev–Trinajstić information content (AvgIpc) is 2.25. The summed E-state index contributed by atoms with van der Waals surface area (Å²) < 4.78 is 0. The van der Waals surface area contributed by atoms with E-state index in [0.29, 0.717) is 10.9 Å². The van der Waals surface area contributed by atoms with Gasteiger partial charge in [-0.25, -0.2) is 9.97 Å². The Bertz CT molecular complexity index is 339. The SMILES string of the molecule is Nc1cnc(Cl)nc1SC1CCCCC1. The first-order valence-corrected chi connectivity index (χ1v) is 6.46. The molecule has 1 fully saturated rings. The second kappa shape index (κ2) is 5.03. The van der Waals surface area contributed by atoms with E-state index in [4.69, 9.17) is 17.3 Å². The summed E-state index contributed by atoms with van der Waals surface area (Å²) in [7, 11) is 0. The molecule has 0 amide bonds. The normalized spacial score (nSPS) is 17.9. The van der Waals surface area contributed by atoms with Crippen LogP contribution in [0.25, 0.3) is 0 Å². The number of nitrogens with two attached hydrogens (primary N) is 1. The van der Waals surface area contributed by atoms with Crippen molar-refractivity contribution in [2.24, 2.45) is 0 Å². The number of aromatic nitrogens is 2. The van der Waals surface area contributed by atoms with Crippen LogP contribution < -0.4 is 5.73 Å². The highest BCUT2D eigenvalue weighted by molar-refractivity contribution is 8.00.